The number of hydrogen-bond donors (Lipinski definition) is 1. The van der Waals surface area contributed by atoms with Gasteiger partial charge in [-0.3, -0.25) is 9.78 Å². The fourth-order valence-electron chi connectivity index (χ4n) is 2.31. The molecule has 0 radical (unpaired) electrons. The zero-order valence-corrected chi connectivity index (χ0v) is 13.1. The maximum atomic E-state index is 12.8. The predicted molar refractivity (Wildman–Crippen MR) is 85.7 cm³/mol. The molecule has 2 N–H and O–H groups in total. The van der Waals surface area contributed by atoms with Gasteiger partial charge in [-0.1, -0.05) is 15.9 Å². The Bertz CT molecular complexity index is 656. The molecule has 0 atom stereocenters. The van der Waals surface area contributed by atoms with E-state index in [0.29, 0.717) is 23.8 Å². The number of carbonyl (C=O) groups excluding carboxylic acids is 1. The van der Waals surface area contributed by atoms with Crippen LogP contribution in [0.15, 0.2) is 47.2 Å². The normalized spacial score (nSPS) is 14.0. The second-order valence-corrected chi connectivity index (χ2v) is 6.17. The van der Waals surface area contributed by atoms with E-state index in [9.17, 15) is 4.79 Å². The van der Waals surface area contributed by atoms with Gasteiger partial charge in [0, 0.05) is 35.1 Å². The van der Waals surface area contributed by atoms with Crippen LogP contribution in [0, 0.1) is 0 Å². The molecule has 3 rings (SSSR count). The molecule has 0 bridgehead atoms. The Hall–Kier alpha value is -1.88. The van der Waals surface area contributed by atoms with Crippen molar-refractivity contribution in [2.24, 2.45) is 0 Å². The van der Waals surface area contributed by atoms with Crippen LogP contribution in [0.3, 0.4) is 0 Å². The van der Waals surface area contributed by atoms with Crippen LogP contribution in [-0.4, -0.2) is 21.8 Å². The van der Waals surface area contributed by atoms with E-state index < -0.39 is 0 Å². The van der Waals surface area contributed by atoms with Crippen molar-refractivity contribution in [3.63, 3.8) is 0 Å². The first-order chi connectivity index (χ1) is 10.1. The summed E-state index contributed by atoms with van der Waals surface area (Å²) >= 11 is 3.40. The number of anilines is 1. The van der Waals surface area contributed by atoms with E-state index in [0.717, 1.165) is 22.9 Å². The highest BCUT2D eigenvalue weighted by atomic mass is 79.9. The van der Waals surface area contributed by atoms with Crippen LogP contribution in [0.1, 0.15) is 28.8 Å². The lowest BCUT2D eigenvalue weighted by Gasteiger charge is -2.23. The fraction of sp³-hybridized carbons (Fsp3) is 0.250. The standard InChI is InChI=1S/C16H16BrN3O/c17-12-1-4-15(18)14(9-12)16(21)20(13-2-3-13)10-11-5-7-19-8-6-11/h1,4-9,13H,2-3,10,18H2. The highest BCUT2D eigenvalue weighted by Crippen LogP contribution is 2.31. The Labute approximate surface area is 132 Å². The third-order valence-electron chi connectivity index (χ3n) is 3.60. The Morgan fingerprint density at radius 1 is 1.29 bits per heavy atom. The monoisotopic (exact) mass is 345 g/mol. The molecule has 0 unspecified atom stereocenters. The van der Waals surface area contributed by atoms with Crippen molar-refractivity contribution in [3.8, 4) is 0 Å². The van der Waals surface area contributed by atoms with Gasteiger partial charge in [-0.15, -0.1) is 0 Å². The summed E-state index contributed by atoms with van der Waals surface area (Å²) in [5.41, 5.74) is 8.12. The quantitative estimate of drug-likeness (QED) is 0.865. The highest BCUT2D eigenvalue weighted by molar-refractivity contribution is 9.10. The van der Waals surface area contributed by atoms with E-state index in [4.69, 9.17) is 5.73 Å². The van der Waals surface area contributed by atoms with Crippen molar-refractivity contribution in [3.05, 3.63) is 58.3 Å². The van der Waals surface area contributed by atoms with Gasteiger partial charge in [-0.05, 0) is 48.7 Å². The van der Waals surface area contributed by atoms with Gasteiger partial charge in [-0.2, -0.15) is 0 Å². The molecule has 1 heterocycles. The second-order valence-electron chi connectivity index (χ2n) is 5.25. The lowest BCUT2D eigenvalue weighted by Crippen LogP contribution is -2.33. The largest absolute Gasteiger partial charge is 0.398 e. The number of nitrogens with zero attached hydrogens (tertiary/aromatic N) is 2. The third-order valence-corrected chi connectivity index (χ3v) is 4.09. The zero-order valence-electron chi connectivity index (χ0n) is 11.5. The fourth-order valence-corrected chi connectivity index (χ4v) is 2.67. The van der Waals surface area contributed by atoms with E-state index in [1.165, 1.54) is 0 Å². The van der Waals surface area contributed by atoms with Gasteiger partial charge in [-0.25, -0.2) is 0 Å². The van der Waals surface area contributed by atoms with Crippen LogP contribution in [0.5, 0.6) is 0 Å². The minimum absolute atomic E-state index is 0.00638. The summed E-state index contributed by atoms with van der Waals surface area (Å²) in [6, 6.07) is 9.59. The van der Waals surface area contributed by atoms with Gasteiger partial charge in [0.1, 0.15) is 0 Å². The summed E-state index contributed by atoms with van der Waals surface area (Å²) in [4.78, 5) is 18.7. The number of carbonyl (C=O) groups is 1. The topological polar surface area (TPSA) is 59.2 Å². The van der Waals surface area contributed by atoms with Gasteiger partial charge >= 0.3 is 0 Å². The van der Waals surface area contributed by atoms with Crippen molar-refractivity contribution >= 4 is 27.5 Å². The molecule has 1 aliphatic rings. The number of aromatic nitrogens is 1. The number of halogens is 1. The first kappa shape index (κ1) is 14.1. The first-order valence-corrected chi connectivity index (χ1v) is 7.69. The smallest absolute Gasteiger partial charge is 0.256 e. The molecule has 1 amide bonds. The molecule has 1 fully saturated rings. The number of pyridine rings is 1. The van der Waals surface area contributed by atoms with E-state index in [1.807, 2.05) is 23.1 Å². The second kappa shape index (κ2) is 5.85. The summed E-state index contributed by atoms with van der Waals surface area (Å²) in [5, 5.41) is 0. The lowest BCUT2D eigenvalue weighted by molar-refractivity contribution is 0.0731. The van der Waals surface area contributed by atoms with E-state index in [1.54, 1.807) is 24.5 Å². The maximum absolute atomic E-state index is 12.8. The number of hydrogen-bond acceptors (Lipinski definition) is 3. The molecular formula is C16H16BrN3O. The SMILES string of the molecule is Nc1ccc(Br)cc1C(=O)N(Cc1ccncc1)C1CC1. The minimum Gasteiger partial charge on any atom is -0.398 e. The van der Waals surface area contributed by atoms with Crippen LogP contribution in [0.25, 0.3) is 0 Å². The van der Waals surface area contributed by atoms with E-state index in [-0.39, 0.29) is 5.91 Å². The van der Waals surface area contributed by atoms with Crippen LogP contribution in [-0.2, 0) is 6.54 Å². The minimum atomic E-state index is -0.00638. The Kier molecular flexibility index (Phi) is 3.92. The van der Waals surface area contributed by atoms with Gasteiger partial charge in [0.25, 0.3) is 5.91 Å². The first-order valence-electron chi connectivity index (χ1n) is 6.90. The van der Waals surface area contributed by atoms with Crippen molar-refractivity contribution in [2.45, 2.75) is 25.4 Å². The summed E-state index contributed by atoms with van der Waals surface area (Å²) in [5.74, 6) is -0.00638. The van der Waals surface area contributed by atoms with Crippen molar-refractivity contribution in [1.29, 1.82) is 0 Å². The van der Waals surface area contributed by atoms with E-state index >= 15 is 0 Å². The van der Waals surface area contributed by atoms with Gasteiger partial charge in [0.2, 0.25) is 0 Å². The number of benzene rings is 1. The molecule has 2 aromatic rings. The Morgan fingerprint density at radius 3 is 2.67 bits per heavy atom. The average Bonchev–Trinajstić information content (AvgIpc) is 3.32. The zero-order chi connectivity index (χ0) is 14.8. The molecule has 21 heavy (non-hydrogen) atoms. The summed E-state index contributed by atoms with van der Waals surface area (Å²) in [6.45, 7) is 0.595. The molecule has 0 spiro atoms. The molecule has 1 aromatic carbocycles. The average molecular weight is 346 g/mol. The van der Waals surface area contributed by atoms with Crippen LogP contribution in [0.4, 0.5) is 5.69 Å². The van der Waals surface area contributed by atoms with Gasteiger partial charge < -0.3 is 10.6 Å². The van der Waals surface area contributed by atoms with Crippen molar-refractivity contribution in [2.75, 3.05) is 5.73 Å². The lowest BCUT2D eigenvalue weighted by atomic mass is 10.1. The molecule has 1 aliphatic carbocycles. The van der Waals surface area contributed by atoms with Gasteiger partial charge in [0.05, 0.1) is 5.56 Å². The molecule has 4 nitrogen and oxygen atoms in total. The van der Waals surface area contributed by atoms with Crippen LogP contribution < -0.4 is 5.73 Å². The number of amides is 1. The van der Waals surface area contributed by atoms with Crippen LogP contribution >= 0.6 is 15.9 Å². The number of nitrogens with two attached hydrogens (primary N) is 1. The summed E-state index contributed by atoms with van der Waals surface area (Å²) in [7, 11) is 0. The molecule has 1 saturated carbocycles. The Morgan fingerprint density at radius 2 is 2.00 bits per heavy atom. The number of rotatable bonds is 4. The van der Waals surface area contributed by atoms with E-state index in [2.05, 4.69) is 20.9 Å². The maximum Gasteiger partial charge on any atom is 0.256 e. The summed E-state index contributed by atoms with van der Waals surface area (Å²) < 4.78 is 0.861. The third kappa shape index (κ3) is 3.24. The van der Waals surface area contributed by atoms with Crippen molar-refractivity contribution in [1.82, 2.24) is 9.88 Å². The van der Waals surface area contributed by atoms with Crippen LogP contribution in [0.2, 0.25) is 0 Å². The molecule has 108 valence electrons. The number of nitrogen functional groups attached to an aromatic ring is 1. The van der Waals surface area contributed by atoms with Crippen molar-refractivity contribution < 1.29 is 4.79 Å². The molecule has 0 saturated heterocycles. The molecule has 0 aliphatic heterocycles. The molecular weight excluding hydrogens is 330 g/mol. The Balaban J connectivity index is 1.87. The summed E-state index contributed by atoms with van der Waals surface area (Å²) in [6.07, 6.45) is 5.62. The highest BCUT2D eigenvalue weighted by Gasteiger charge is 2.33. The molecule has 1 aromatic heterocycles. The molecule has 5 heteroatoms. The predicted octanol–water partition coefficient (Wildman–Crippen LogP) is 3.23. The van der Waals surface area contributed by atoms with Gasteiger partial charge in [0.15, 0.2) is 0 Å².